The number of hydrogen-bond acceptors (Lipinski definition) is 4. The molecule has 1 aromatic carbocycles. The summed E-state index contributed by atoms with van der Waals surface area (Å²) in [5.74, 6) is -2.45. The van der Waals surface area contributed by atoms with Gasteiger partial charge in [0.15, 0.2) is 0 Å². The number of halogens is 1. The zero-order valence-electron chi connectivity index (χ0n) is 10.5. The van der Waals surface area contributed by atoms with Crippen molar-refractivity contribution in [3.63, 3.8) is 0 Å². The summed E-state index contributed by atoms with van der Waals surface area (Å²) in [6.07, 6.45) is 1.43. The minimum atomic E-state index is -4.07. The lowest BCUT2D eigenvalue weighted by molar-refractivity contribution is 0.0696. The third-order valence-corrected chi connectivity index (χ3v) is 4.83. The lowest BCUT2D eigenvalue weighted by Crippen LogP contribution is -2.32. The van der Waals surface area contributed by atoms with Crippen molar-refractivity contribution in [3.05, 3.63) is 29.6 Å². The van der Waals surface area contributed by atoms with Crippen molar-refractivity contribution in [2.45, 2.75) is 17.7 Å². The highest BCUT2D eigenvalue weighted by atomic mass is 32.2. The number of carboxylic acids is 1. The van der Waals surface area contributed by atoms with Crippen LogP contribution in [-0.2, 0) is 10.0 Å². The second-order valence-corrected chi connectivity index (χ2v) is 6.67. The second kappa shape index (κ2) is 5.12. The lowest BCUT2D eigenvalue weighted by atomic mass is 10.1. The molecule has 1 aliphatic rings. The van der Waals surface area contributed by atoms with Crippen LogP contribution in [0.1, 0.15) is 23.2 Å². The van der Waals surface area contributed by atoms with Crippen LogP contribution in [0, 0.1) is 11.2 Å². The molecule has 0 saturated heterocycles. The molecule has 0 amide bonds. The Kier molecular flexibility index (Phi) is 3.81. The molecular formula is C12H14FNO5S. The first-order chi connectivity index (χ1) is 9.30. The number of carbonyl (C=O) groups is 1. The van der Waals surface area contributed by atoms with Crippen molar-refractivity contribution >= 4 is 16.0 Å². The number of benzene rings is 1. The van der Waals surface area contributed by atoms with E-state index < -0.39 is 32.1 Å². The van der Waals surface area contributed by atoms with Crippen LogP contribution >= 0.6 is 0 Å². The third-order valence-electron chi connectivity index (χ3n) is 3.40. The van der Waals surface area contributed by atoms with Gasteiger partial charge in [0.05, 0.1) is 5.56 Å². The summed E-state index contributed by atoms with van der Waals surface area (Å²) < 4.78 is 39.8. The Morgan fingerprint density at radius 3 is 2.50 bits per heavy atom. The summed E-state index contributed by atoms with van der Waals surface area (Å²) in [5, 5.41) is 17.8. The molecule has 0 atom stereocenters. The van der Waals surface area contributed by atoms with Gasteiger partial charge in [-0.3, -0.25) is 0 Å². The van der Waals surface area contributed by atoms with Gasteiger partial charge in [0.2, 0.25) is 10.0 Å². The molecule has 1 aliphatic carbocycles. The molecule has 110 valence electrons. The monoisotopic (exact) mass is 303 g/mol. The SMILES string of the molecule is O=C(O)c1ccc(S(=O)(=O)NCC2(CO)CC2)c(F)c1. The van der Waals surface area contributed by atoms with Gasteiger partial charge in [-0.25, -0.2) is 22.3 Å². The highest BCUT2D eigenvalue weighted by Crippen LogP contribution is 2.44. The first kappa shape index (κ1) is 14.9. The number of aliphatic hydroxyl groups excluding tert-OH is 1. The summed E-state index contributed by atoms with van der Waals surface area (Å²) in [4.78, 5) is 10.1. The predicted molar refractivity (Wildman–Crippen MR) is 67.3 cm³/mol. The number of nitrogens with one attached hydrogen (secondary N) is 1. The van der Waals surface area contributed by atoms with Crippen LogP contribution in [0.3, 0.4) is 0 Å². The highest BCUT2D eigenvalue weighted by Gasteiger charge is 2.42. The van der Waals surface area contributed by atoms with E-state index in [2.05, 4.69) is 4.72 Å². The van der Waals surface area contributed by atoms with Gasteiger partial charge in [-0.1, -0.05) is 0 Å². The van der Waals surface area contributed by atoms with Crippen molar-refractivity contribution < 1.29 is 27.8 Å². The first-order valence-electron chi connectivity index (χ1n) is 5.93. The number of hydrogen-bond donors (Lipinski definition) is 3. The maximum atomic E-state index is 13.7. The summed E-state index contributed by atoms with van der Waals surface area (Å²) in [7, 11) is -4.07. The maximum Gasteiger partial charge on any atom is 0.335 e. The Morgan fingerprint density at radius 1 is 1.40 bits per heavy atom. The fourth-order valence-electron chi connectivity index (χ4n) is 1.75. The van der Waals surface area contributed by atoms with Crippen molar-refractivity contribution in [1.82, 2.24) is 4.72 Å². The van der Waals surface area contributed by atoms with E-state index in [1.165, 1.54) is 0 Å². The minimum absolute atomic E-state index is 0.0337. The largest absolute Gasteiger partial charge is 0.478 e. The van der Waals surface area contributed by atoms with Crippen molar-refractivity contribution in [2.24, 2.45) is 5.41 Å². The summed E-state index contributed by atoms with van der Waals surface area (Å²) in [5.41, 5.74) is -0.764. The van der Waals surface area contributed by atoms with Crippen molar-refractivity contribution in [2.75, 3.05) is 13.2 Å². The molecule has 6 nitrogen and oxygen atoms in total. The molecular weight excluding hydrogens is 289 g/mol. The van der Waals surface area contributed by atoms with Crippen LogP contribution < -0.4 is 4.72 Å². The standard InChI is InChI=1S/C12H14FNO5S/c13-9-5-8(11(16)17)1-2-10(9)20(18,19)14-6-12(7-15)3-4-12/h1-2,5,14-15H,3-4,6-7H2,(H,16,17). The van der Waals surface area contributed by atoms with E-state index >= 15 is 0 Å². The average Bonchev–Trinajstić information content (AvgIpc) is 3.17. The number of aromatic carboxylic acids is 1. The van der Waals surface area contributed by atoms with Gasteiger partial charge < -0.3 is 10.2 Å². The molecule has 1 fully saturated rings. The van der Waals surface area contributed by atoms with Gasteiger partial charge in [0.25, 0.3) is 0 Å². The van der Waals surface area contributed by atoms with Crippen LogP contribution in [0.4, 0.5) is 4.39 Å². The van der Waals surface area contributed by atoms with E-state index in [1.807, 2.05) is 0 Å². The van der Waals surface area contributed by atoms with Crippen LogP contribution in [0.2, 0.25) is 0 Å². The van der Waals surface area contributed by atoms with Gasteiger partial charge >= 0.3 is 5.97 Å². The van der Waals surface area contributed by atoms with Gasteiger partial charge in [-0.2, -0.15) is 0 Å². The zero-order chi connectivity index (χ0) is 15.0. The summed E-state index contributed by atoms with van der Waals surface area (Å²) in [6.45, 7) is -0.0953. The zero-order valence-corrected chi connectivity index (χ0v) is 11.3. The molecule has 1 saturated carbocycles. The smallest absolute Gasteiger partial charge is 0.335 e. The molecule has 0 radical (unpaired) electrons. The Balaban J connectivity index is 2.19. The molecule has 0 bridgehead atoms. The van der Waals surface area contributed by atoms with E-state index in [0.717, 1.165) is 12.1 Å². The van der Waals surface area contributed by atoms with Crippen LogP contribution in [0.15, 0.2) is 23.1 Å². The Morgan fingerprint density at radius 2 is 2.05 bits per heavy atom. The maximum absolute atomic E-state index is 13.7. The molecule has 3 N–H and O–H groups in total. The van der Waals surface area contributed by atoms with E-state index in [1.54, 1.807) is 0 Å². The van der Waals surface area contributed by atoms with Crippen molar-refractivity contribution in [1.29, 1.82) is 0 Å². The minimum Gasteiger partial charge on any atom is -0.478 e. The highest BCUT2D eigenvalue weighted by molar-refractivity contribution is 7.89. The van der Waals surface area contributed by atoms with Gasteiger partial charge in [-0.05, 0) is 31.0 Å². The normalized spacial score (nSPS) is 16.9. The predicted octanol–water partition coefficient (Wildman–Crippen LogP) is 0.575. The fourth-order valence-corrected chi connectivity index (χ4v) is 2.96. The lowest BCUT2D eigenvalue weighted by Gasteiger charge is -2.13. The molecule has 0 aromatic heterocycles. The second-order valence-electron chi connectivity index (χ2n) is 4.93. The van der Waals surface area contributed by atoms with Gasteiger partial charge in [-0.15, -0.1) is 0 Å². The van der Waals surface area contributed by atoms with E-state index in [-0.39, 0.29) is 18.7 Å². The van der Waals surface area contributed by atoms with Gasteiger partial charge in [0.1, 0.15) is 10.7 Å². The fraction of sp³-hybridized carbons (Fsp3) is 0.417. The molecule has 2 rings (SSSR count). The Labute approximate surface area is 115 Å². The quantitative estimate of drug-likeness (QED) is 0.713. The molecule has 20 heavy (non-hydrogen) atoms. The van der Waals surface area contributed by atoms with Crippen LogP contribution in [0.5, 0.6) is 0 Å². The first-order valence-corrected chi connectivity index (χ1v) is 7.41. The van der Waals surface area contributed by atoms with E-state index in [4.69, 9.17) is 10.2 Å². The molecule has 1 aromatic rings. The van der Waals surface area contributed by atoms with E-state index in [9.17, 15) is 17.6 Å². The summed E-state index contributed by atoms with van der Waals surface area (Å²) >= 11 is 0. The number of carboxylic acid groups (broad SMARTS) is 1. The molecule has 0 unspecified atom stereocenters. The number of rotatable bonds is 6. The Hall–Kier alpha value is -1.51. The van der Waals surface area contributed by atoms with E-state index in [0.29, 0.717) is 18.9 Å². The molecule has 0 aliphatic heterocycles. The number of sulfonamides is 1. The molecule has 0 spiro atoms. The Bertz CT molecular complexity index is 639. The van der Waals surface area contributed by atoms with Gasteiger partial charge in [0, 0.05) is 18.6 Å². The average molecular weight is 303 g/mol. The van der Waals surface area contributed by atoms with Crippen LogP contribution in [0.25, 0.3) is 0 Å². The third kappa shape index (κ3) is 2.97. The topological polar surface area (TPSA) is 104 Å². The summed E-state index contributed by atoms with van der Waals surface area (Å²) in [6, 6.07) is 2.61. The van der Waals surface area contributed by atoms with Crippen LogP contribution in [-0.4, -0.2) is 37.8 Å². The molecule has 0 heterocycles. The number of aliphatic hydroxyl groups is 1. The molecule has 8 heteroatoms. The van der Waals surface area contributed by atoms with Crippen molar-refractivity contribution in [3.8, 4) is 0 Å².